The van der Waals surface area contributed by atoms with Gasteiger partial charge in [-0.2, -0.15) is 5.10 Å². The Labute approximate surface area is 93.3 Å². The maximum absolute atomic E-state index is 12.5. The molecule has 1 fully saturated rings. The summed E-state index contributed by atoms with van der Waals surface area (Å²) < 4.78 is 26.8. The number of anilines is 1. The second kappa shape index (κ2) is 4.35. The van der Waals surface area contributed by atoms with Crippen molar-refractivity contribution in [2.75, 3.05) is 12.4 Å². The van der Waals surface area contributed by atoms with E-state index in [1.165, 1.54) is 0 Å². The van der Waals surface area contributed by atoms with Gasteiger partial charge in [-0.1, -0.05) is 0 Å². The topological polar surface area (TPSA) is 29.9 Å². The lowest BCUT2D eigenvalue weighted by molar-refractivity contribution is -0.114. The van der Waals surface area contributed by atoms with Crippen LogP contribution in [0.1, 0.15) is 12.8 Å². The average Bonchev–Trinajstić information content (AvgIpc) is 2.49. The van der Waals surface area contributed by atoms with E-state index in [4.69, 9.17) is 0 Å². The fourth-order valence-corrected chi connectivity index (χ4v) is 1.77. The quantitative estimate of drug-likeness (QED) is 0.875. The molecule has 1 aromatic rings. The molecule has 0 aromatic carbocycles. The highest BCUT2D eigenvalue weighted by Gasteiger charge is 2.45. The number of rotatable bonds is 3. The summed E-state index contributed by atoms with van der Waals surface area (Å²) in [6.07, 6.45) is 3.52. The Hall–Kier alpha value is -0.840. The molecule has 1 heterocycles. The molecule has 3 nitrogen and oxygen atoms in total. The lowest BCUT2D eigenvalue weighted by Crippen LogP contribution is -2.37. The Kier molecular flexibility index (Phi) is 3.54. The van der Waals surface area contributed by atoms with Crippen LogP contribution >= 0.6 is 12.4 Å². The maximum atomic E-state index is 12.5. The minimum atomic E-state index is -2.43. The van der Waals surface area contributed by atoms with Crippen LogP contribution in [0.2, 0.25) is 0 Å². The predicted molar refractivity (Wildman–Crippen MR) is 56.7 cm³/mol. The molecule has 1 saturated carbocycles. The molecule has 86 valence electrons. The van der Waals surface area contributed by atoms with E-state index >= 15 is 0 Å². The molecule has 1 aliphatic rings. The van der Waals surface area contributed by atoms with Gasteiger partial charge in [0.05, 0.1) is 11.9 Å². The Bertz CT molecular complexity index is 319. The first-order valence-corrected chi connectivity index (χ1v) is 4.67. The van der Waals surface area contributed by atoms with E-state index in [2.05, 4.69) is 10.4 Å². The minimum Gasteiger partial charge on any atom is -0.386 e. The molecule has 15 heavy (non-hydrogen) atoms. The van der Waals surface area contributed by atoms with E-state index in [0.29, 0.717) is 6.54 Å². The summed E-state index contributed by atoms with van der Waals surface area (Å²) in [5, 5.41) is 7.01. The van der Waals surface area contributed by atoms with Crippen LogP contribution < -0.4 is 5.32 Å². The van der Waals surface area contributed by atoms with Crippen molar-refractivity contribution in [2.24, 2.45) is 5.92 Å². The van der Waals surface area contributed by atoms with Crippen LogP contribution in [0.3, 0.4) is 0 Å². The van der Waals surface area contributed by atoms with Crippen LogP contribution in [0.15, 0.2) is 12.4 Å². The van der Waals surface area contributed by atoms with Gasteiger partial charge in [-0.25, -0.2) is 8.78 Å². The van der Waals surface area contributed by atoms with Gasteiger partial charge >= 0.3 is 0 Å². The van der Waals surface area contributed by atoms with Gasteiger partial charge in [0.15, 0.2) is 0 Å². The number of nitrogens with one attached hydrogen (secondary N) is 1. The number of aromatic nitrogens is 2. The summed E-state index contributed by atoms with van der Waals surface area (Å²) in [5.74, 6) is -2.35. The number of nitrogens with zero attached hydrogens (tertiary/aromatic N) is 2. The molecule has 0 aliphatic heterocycles. The van der Waals surface area contributed by atoms with E-state index in [-0.39, 0.29) is 31.2 Å². The van der Waals surface area contributed by atoms with Crippen LogP contribution in [0, 0.1) is 5.92 Å². The SMILES string of the molecule is CNc1cnn(CC2CC(F)(F)C2)c1.Cl. The monoisotopic (exact) mass is 237 g/mol. The summed E-state index contributed by atoms with van der Waals surface area (Å²) in [6, 6.07) is 0. The smallest absolute Gasteiger partial charge is 0.248 e. The van der Waals surface area contributed by atoms with E-state index in [1.54, 1.807) is 17.9 Å². The molecule has 0 radical (unpaired) electrons. The first kappa shape index (κ1) is 12.2. The van der Waals surface area contributed by atoms with Gasteiger partial charge in [-0.05, 0) is 5.92 Å². The van der Waals surface area contributed by atoms with Gasteiger partial charge in [-0.15, -0.1) is 12.4 Å². The first-order chi connectivity index (χ1) is 6.59. The van der Waals surface area contributed by atoms with Gasteiger partial charge in [-0.3, -0.25) is 4.68 Å². The van der Waals surface area contributed by atoms with Crippen molar-refractivity contribution in [3.05, 3.63) is 12.4 Å². The Balaban J connectivity index is 0.00000112. The Morgan fingerprint density at radius 3 is 2.73 bits per heavy atom. The fraction of sp³-hybridized carbons (Fsp3) is 0.667. The fourth-order valence-electron chi connectivity index (χ4n) is 1.77. The second-order valence-electron chi connectivity index (χ2n) is 3.83. The highest BCUT2D eigenvalue weighted by molar-refractivity contribution is 5.85. The molecule has 0 amide bonds. The van der Waals surface area contributed by atoms with Gasteiger partial charge < -0.3 is 5.32 Å². The lowest BCUT2D eigenvalue weighted by Gasteiger charge is -2.34. The minimum absolute atomic E-state index is 0. The number of alkyl halides is 2. The molecule has 0 spiro atoms. The summed E-state index contributed by atoms with van der Waals surface area (Å²) in [7, 11) is 1.80. The van der Waals surface area contributed by atoms with Crippen molar-refractivity contribution in [3.8, 4) is 0 Å². The molecule has 6 heteroatoms. The third-order valence-electron chi connectivity index (χ3n) is 2.54. The third-order valence-corrected chi connectivity index (χ3v) is 2.54. The number of hydrogen-bond acceptors (Lipinski definition) is 2. The van der Waals surface area contributed by atoms with Crippen molar-refractivity contribution in [3.63, 3.8) is 0 Å². The van der Waals surface area contributed by atoms with Gasteiger partial charge in [0.1, 0.15) is 0 Å². The van der Waals surface area contributed by atoms with E-state index in [1.807, 2.05) is 6.20 Å². The molecule has 1 aliphatic carbocycles. The van der Waals surface area contributed by atoms with Crippen molar-refractivity contribution < 1.29 is 8.78 Å². The molecule has 0 unspecified atom stereocenters. The summed E-state index contributed by atoms with van der Waals surface area (Å²) in [4.78, 5) is 0. The third kappa shape index (κ3) is 2.81. The highest BCUT2D eigenvalue weighted by Crippen LogP contribution is 2.42. The summed E-state index contributed by atoms with van der Waals surface area (Å²) >= 11 is 0. The molecule has 0 atom stereocenters. The van der Waals surface area contributed by atoms with Crippen LogP contribution in [0.25, 0.3) is 0 Å². The number of halogens is 3. The summed E-state index contributed by atoms with van der Waals surface area (Å²) in [5.41, 5.74) is 0.913. The van der Waals surface area contributed by atoms with Crippen LogP contribution in [0.5, 0.6) is 0 Å². The van der Waals surface area contributed by atoms with Gasteiger partial charge in [0, 0.05) is 32.6 Å². The van der Waals surface area contributed by atoms with Crippen LogP contribution in [0.4, 0.5) is 14.5 Å². The van der Waals surface area contributed by atoms with Gasteiger partial charge in [0.2, 0.25) is 5.92 Å². The standard InChI is InChI=1S/C9H13F2N3.ClH/c1-12-8-4-13-14(6-8)5-7-2-9(10,11)3-7;/h4,6-7,12H,2-3,5H2,1H3;1H. The summed E-state index contributed by atoms with van der Waals surface area (Å²) in [6.45, 7) is 0.595. The van der Waals surface area contributed by atoms with E-state index in [9.17, 15) is 8.78 Å². The van der Waals surface area contributed by atoms with Crippen LogP contribution in [-0.4, -0.2) is 22.8 Å². The molecule has 1 N–H and O–H groups in total. The molecular formula is C9H14ClF2N3. The predicted octanol–water partition coefficient (Wildman–Crippen LogP) is 2.39. The van der Waals surface area contributed by atoms with E-state index < -0.39 is 5.92 Å². The molecule has 1 aromatic heterocycles. The van der Waals surface area contributed by atoms with Crippen LogP contribution in [-0.2, 0) is 6.54 Å². The highest BCUT2D eigenvalue weighted by atomic mass is 35.5. The molecule has 2 rings (SSSR count). The van der Waals surface area contributed by atoms with Crippen molar-refractivity contribution >= 4 is 18.1 Å². The zero-order valence-corrected chi connectivity index (χ0v) is 9.23. The maximum Gasteiger partial charge on any atom is 0.248 e. The zero-order valence-electron chi connectivity index (χ0n) is 8.41. The normalized spacial score (nSPS) is 19.1. The van der Waals surface area contributed by atoms with Crippen molar-refractivity contribution in [1.82, 2.24) is 9.78 Å². The Morgan fingerprint density at radius 2 is 2.27 bits per heavy atom. The largest absolute Gasteiger partial charge is 0.386 e. The second-order valence-corrected chi connectivity index (χ2v) is 3.83. The number of hydrogen-bond donors (Lipinski definition) is 1. The average molecular weight is 238 g/mol. The van der Waals surface area contributed by atoms with E-state index in [0.717, 1.165) is 5.69 Å². The van der Waals surface area contributed by atoms with Crippen molar-refractivity contribution in [2.45, 2.75) is 25.3 Å². The lowest BCUT2D eigenvalue weighted by atomic mass is 9.81. The molecule has 0 bridgehead atoms. The Morgan fingerprint density at radius 1 is 1.60 bits per heavy atom. The molecule has 0 saturated heterocycles. The van der Waals surface area contributed by atoms with Crippen molar-refractivity contribution in [1.29, 1.82) is 0 Å². The first-order valence-electron chi connectivity index (χ1n) is 4.67. The molecular weight excluding hydrogens is 224 g/mol. The zero-order chi connectivity index (χ0) is 10.2. The van der Waals surface area contributed by atoms with Gasteiger partial charge in [0.25, 0.3) is 0 Å².